The molecule has 0 spiro atoms. The van der Waals surface area contributed by atoms with E-state index in [4.69, 9.17) is 5.73 Å². The van der Waals surface area contributed by atoms with E-state index in [0.717, 1.165) is 18.0 Å². The Labute approximate surface area is 99.7 Å². The van der Waals surface area contributed by atoms with E-state index in [1.165, 1.54) is 10.5 Å². The molecular weight excluding hydrogens is 218 g/mol. The Morgan fingerprint density at radius 2 is 2.31 bits per heavy atom. The summed E-state index contributed by atoms with van der Waals surface area (Å²) in [4.78, 5) is 1.26. The maximum Gasteiger partial charge on any atom is 0.0503 e. The summed E-state index contributed by atoms with van der Waals surface area (Å²) in [6.07, 6.45) is 3.78. The molecule has 0 saturated heterocycles. The second kappa shape index (κ2) is 5.07. The molecule has 0 fully saturated rings. The fourth-order valence-electron chi connectivity index (χ4n) is 1.45. The quantitative estimate of drug-likeness (QED) is 0.652. The Balaban J connectivity index is 1.92. The number of aryl methyl sites for hydroxylation is 2. The van der Waals surface area contributed by atoms with Gasteiger partial charge in [0.1, 0.15) is 0 Å². The minimum absolute atomic E-state index is 0.826. The van der Waals surface area contributed by atoms with Gasteiger partial charge in [-0.15, -0.1) is 11.8 Å². The van der Waals surface area contributed by atoms with Gasteiger partial charge in [-0.1, -0.05) is 6.07 Å². The van der Waals surface area contributed by atoms with E-state index in [0.29, 0.717) is 0 Å². The van der Waals surface area contributed by atoms with Crippen molar-refractivity contribution in [2.24, 2.45) is 0 Å². The molecule has 1 heterocycles. The molecule has 0 bridgehead atoms. The summed E-state index contributed by atoms with van der Waals surface area (Å²) in [5.41, 5.74) is 7.87. The third-order valence-corrected chi connectivity index (χ3v) is 3.49. The summed E-state index contributed by atoms with van der Waals surface area (Å²) < 4.78 is 1.94. The molecular formula is C12H15N3S. The summed E-state index contributed by atoms with van der Waals surface area (Å²) >= 11 is 1.82. The van der Waals surface area contributed by atoms with Gasteiger partial charge in [0.2, 0.25) is 0 Å². The van der Waals surface area contributed by atoms with Gasteiger partial charge in [0.15, 0.2) is 0 Å². The molecule has 2 rings (SSSR count). The summed E-state index contributed by atoms with van der Waals surface area (Å²) in [5.74, 6) is 1.01. The van der Waals surface area contributed by atoms with Gasteiger partial charge in [0.25, 0.3) is 0 Å². The first kappa shape index (κ1) is 11.1. The van der Waals surface area contributed by atoms with Gasteiger partial charge in [-0.2, -0.15) is 5.10 Å². The number of rotatable bonds is 4. The molecule has 1 aromatic carbocycles. The van der Waals surface area contributed by atoms with Crippen LogP contribution in [0.2, 0.25) is 0 Å². The zero-order chi connectivity index (χ0) is 11.4. The largest absolute Gasteiger partial charge is 0.399 e. The number of nitrogen functional groups attached to an aromatic ring is 1. The lowest BCUT2D eigenvalue weighted by atomic mass is 10.2. The number of nitrogens with two attached hydrogens (primary N) is 1. The zero-order valence-corrected chi connectivity index (χ0v) is 10.1. The van der Waals surface area contributed by atoms with E-state index in [2.05, 4.69) is 18.1 Å². The molecule has 0 saturated carbocycles. The lowest BCUT2D eigenvalue weighted by Crippen LogP contribution is -2.00. The van der Waals surface area contributed by atoms with Crippen molar-refractivity contribution in [3.8, 4) is 0 Å². The predicted molar refractivity (Wildman–Crippen MR) is 68.5 cm³/mol. The van der Waals surface area contributed by atoms with E-state index < -0.39 is 0 Å². The highest BCUT2D eigenvalue weighted by molar-refractivity contribution is 7.99. The van der Waals surface area contributed by atoms with Crippen LogP contribution < -0.4 is 5.73 Å². The molecule has 0 atom stereocenters. The molecule has 0 amide bonds. The fraction of sp³-hybridized carbons (Fsp3) is 0.250. The highest BCUT2D eigenvalue weighted by atomic mass is 32.2. The van der Waals surface area contributed by atoms with Crippen LogP contribution in [0.25, 0.3) is 0 Å². The standard InChI is InChI=1S/C12H15N3S/c1-10-3-4-11(13)9-12(10)16-8-7-15-6-2-5-14-15/h2-6,9H,7-8,13H2,1H3. The third-order valence-electron chi connectivity index (χ3n) is 2.35. The first-order chi connectivity index (χ1) is 7.75. The Morgan fingerprint density at radius 1 is 1.44 bits per heavy atom. The molecule has 0 radical (unpaired) electrons. The summed E-state index contributed by atoms with van der Waals surface area (Å²) in [6, 6.07) is 7.97. The number of benzene rings is 1. The number of anilines is 1. The van der Waals surface area contributed by atoms with Crippen LogP contribution in [0.1, 0.15) is 5.56 Å². The molecule has 2 aromatic rings. The van der Waals surface area contributed by atoms with Crippen LogP contribution in [-0.4, -0.2) is 15.5 Å². The molecule has 0 aliphatic rings. The van der Waals surface area contributed by atoms with Crippen molar-refractivity contribution >= 4 is 17.4 Å². The lowest BCUT2D eigenvalue weighted by molar-refractivity contribution is 0.666. The first-order valence-corrected chi connectivity index (χ1v) is 6.20. The molecule has 3 nitrogen and oxygen atoms in total. The SMILES string of the molecule is Cc1ccc(N)cc1SCCn1cccn1. The lowest BCUT2D eigenvalue weighted by Gasteiger charge is -2.06. The number of aromatic nitrogens is 2. The smallest absolute Gasteiger partial charge is 0.0503 e. The van der Waals surface area contributed by atoms with Crippen molar-refractivity contribution in [2.75, 3.05) is 11.5 Å². The van der Waals surface area contributed by atoms with Crippen LogP contribution in [0.5, 0.6) is 0 Å². The second-order valence-electron chi connectivity index (χ2n) is 3.64. The maximum atomic E-state index is 5.76. The van der Waals surface area contributed by atoms with Crippen molar-refractivity contribution in [1.82, 2.24) is 9.78 Å². The van der Waals surface area contributed by atoms with E-state index >= 15 is 0 Å². The fourth-order valence-corrected chi connectivity index (χ4v) is 2.47. The highest BCUT2D eigenvalue weighted by Crippen LogP contribution is 2.24. The van der Waals surface area contributed by atoms with Crippen LogP contribution in [0.15, 0.2) is 41.6 Å². The zero-order valence-electron chi connectivity index (χ0n) is 9.26. The normalized spacial score (nSPS) is 10.6. The van der Waals surface area contributed by atoms with E-state index in [1.54, 1.807) is 6.20 Å². The number of thioether (sulfide) groups is 1. The van der Waals surface area contributed by atoms with Gasteiger partial charge in [-0.05, 0) is 30.7 Å². The monoisotopic (exact) mass is 233 g/mol. The number of nitrogens with zero attached hydrogens (tertiary/aromatic N) is 2. The molecule has 0 aliphatic carbocycles. The van der Waals surface area contributed by atoms with Gasteiger partial charge in [0.05, 0.1) is 6.54 Å². The van der Waals surface area contributed by atoms with Crippen LogP contribution in [0.3, 0.4) is 0 Å². The molecule has 84 valence electrons. The molecule has 4 heteroatoms. The van der Waals surface area contributed by atoms with Crippen molar-refractivity contribution < 1.29 is 0 Å². The van der Waals surface area contributed by atoms with E-state index in [-0.39, 0.29) is 0 Å². The van der Waals surface area contributed by atoms with E-state index in [9.17, 15) is 0 Å². The summed E-state index contributed by atoms with van der Waals surface area (Å²) in [7, 11) is 0. The van der Waals surface area contributed by atoms with Crippen molar-refractivity contribution in [1.29, 1.82) is 0 Å². The Hall–Kier alpha value is -1.42. The van der Waals surface area contributed by atoms with Crippen LogP contribution >= 0.6 is 11.8 Å². The van der Waals surface area contributed by atoms with Crippen molar-refractivity contribution in [3.63, 3.8) is 0 Å². The third kappa shape index (κ3) is 2.79. The topological polar surface area (TPSA) is 43.8 Å². The van der Waals surface area contributed by atoms with Gasteiger partial charge in [-0.25, -0.2) is 0 Å². The van der Waals surface area contributed by atoms with E-state index in [1.807, 2.05) is 40.8 Å². The molecule has 1 aromatic heterocycles. The molecule has 0 aliphatic heterocycles. The average Bonchev–Trinajstić information content (AvgIpc) is 2.76. The predicted octanol–water partition coefficient (Wildman–Crippen LogP) is 2.57. The average molecular weight is 233 g/mol. The van der Waals surface area contributed by atoms with Gasteiger partial charge < -0.3 is 5.73 Å². The highest BCUT2D eigenvalue weighted by Gasteiger charge is 2.00. The van der Waals surface area contributed by atoms with Gasteiger partial charge >= 0.3 is 0 Å². The molecule has 2 N–H and O–H groups in total. The Morgan fingerprint density at radius 3 is 3.06 bits per heavy atom. The number of hydrogen-bond donors (Lipinski definition) is 1. The van der Waals surface area contributed by atoms with Gasteiger partial charge in [0, 0.05) is 28.7 Å². The Kier molecular flexibility index (Phi) is 3.51. The summed E-state index contributed by atoms with van der Waals surface area (Å²) in [6.45, 7) is 3.03. The van der Waals surface area contributed by atoms with Gasteiger partial charge in [-0.3, -0.25) is 4.68 Å². The maximum absolute atomic E-state index is 5.76. The van der Waals surface area contributed by atoms with Crippen molar-refractivity contribution in [2.45, 2.75) is 18.4 Å². The number of hydrogen-bond acceptors (Lipinski definition) is 3. The van der Waals surface area contributed by atoms with Crippen LogP contribution in [0, 0.1) is 6.92 Å². The first-order valence-electron chi connectivity index (χ1n) is 5.22. The van der Waals surface area contributed by atoms with Crippen molar-refractivity contribution in [3.05, 3.63) is 42.2 Å². The van der Waals surface area contributed by atoms with Crippen LogP contribution in [-0.2, 0) is 6.54 Å². The summed E-state index contributed by atoms with van der Waals surface area (Å²) in [5, 5.41) is 4.17. The van der Waals surface area contributed by atoms with Crippen LogP contribution in [0.4, 0.5) is 5.69 Å². The minimum atomic E-state index is 0.826. The Bertz CT molecular complexity index is 451. The molecule has 0 unspecified atom stereocenters. The minimum Gasteiger partial charge on any atom is -0.399 e. The molecule has 16 heavy (non-hydrogen) atoms. The second-order valence-corrected chi connectivity index (χ2v) is 4.78.